The van der Waals surface area contributed by atoms with Gasteiger partial charge in [0.2, 0.25) is 0 Å². The van der Waals surface area contributed by atoms with Gasteiger partial charge in [0.1, 0.15) is 6.61 Å². The normalized spacial score (nSPS) is 9.50. The number of hydrogen-bond donors (Lipinski definition) is 2. The summed E-state index contributed by atoms with van der Waals surface area (Å²) in [6, 6.07) is 5.12. The number of rotatable bonds is 2. The van der Waals surface area contributed by atoms with Gasteiger partial charge in [-0.15, -0.1) is 0 Å². The summed E-state index contributed by atoms with van der Waals surface area (Å²) in [5.41, 5.74) is 2.26. The largest absolute Gasteiger partial charge is 0.384 e. The van der Waals surface area contributed by atoms with Gasteiger partial charge in [-0.3, -0.25) is 14.8 Å². The van der Waals surface area contributed by atoms with Crippen LogP contribution in [0.4, 0.5) is 5.69 Å². The minimum atomic E-state index is -0.286. The van der Waals surface area contributed by atoms with Crippen LogP contribution in [0.2, 0.25) is 0 Å². The fourth-order valence-electron chi connectivity index (χ4n) is 1.63. The number of anilines is 1. The van der Waals surface area contributed by atoms with E-state index < -0.39 is 0 Å². The van der Waals surface area contributed by atoms with Crippen molar-refractivity contribution in [2.75, 3.05) is 11.9 Å². The van der Waals surface area contributed by atoms with Crippen LogP contribution < -0.4 is 5.32 Å². The number of aryl methyl sites for hydroxylation is 1. The smallest absolute Gasteiger partial charge is 0.257 e. The lowest BCUT2D eigenvalue weighted by Gasteiger charge is -2.08. The Hall–Kier alpha value is -2.71. The van der Waals surface area contributed by atoms with E-state index in [-0.39, 0.29) is 12.5 Å². The number of carbonyl (C=O) groups excluding carboxylic acids is 1. The molecule has 0 radical (unpaired) electrons. The monoisotopic (exact) mass is 267 g/mol. The van der Waals surface area contributed by atoms with E-state index in [0.717, 1.165) is 5.69 Å². The van der Waals surface area contributed by atoms with Crippen molar-refractivity contribution in [3.05, 3.63) is 53.6 Å². The number of aliphatic hydroxyl groups excluding tert-OH is 1. The van der Waals surface area contributed by atoms with Gasteiger partial charge in [0.05, 0.1) is 22.5 Å². The minimum Gasteiger partial charge on any atom is -0.384 e. The maximum atomic E-state index is 12.3. The molecule has 20 heavy (non-hydrogen) atoms. The van der Waals surface area contributed by atoms with Gasteiger partial charge in [-0.05, 0) is 25.1 Å². The second-order valence-electron chi connectivity index (χ2n) is 3.97. The second-order valence-corrected chi connectivity index (χ2v) is 3.97. The van der Waals surface area contributed by atoms with Crippen molar-refractivity contribution >= 4 is 11.6 Å². The summed E-state index contributed by atoms with van der Waals surface area (Å²) in [7, 11) is 0. The van der Waals surface area contributed by atoms with Gasteiger partial charge in [-0.1, -0.05) is 11.8 Å². The minimum absolute atomic E-state index is 0.266. The first kappa shape index (κ1) is 13.7. The van der Waals surface area contributed by atoms with Gasteiger partial charge in [-0.2, -0.15) is 0 Å². The first-order valence-corrected chi connectivity index (χ1v) is 5.99. The molecule has 0 spiro atoms. The third kappa shape index (κ3) is 3.19. The second kappa shape index (κ2) is 6.45. The summed E-state index contributed by atoms with van der Waals surface area (Å²) in [5.74, 6) is 4.93. The first-order valence-electron chi connectivity index (χ1n) is 5.99. The van der Waals surface area contributed by atoms with E-state index in [1.807, 2.05) is 6.92 Å². The fourth-order valence-corrected chi connectivity index (χ4v) is 1.63. The lowest BCUT2D eigenvalue weighted by Crippen LogP contribution is -2.14. The molecule has 2 N–H and O–H groups in total. The van der Waals surface area contributed by atoms with Crippen LogP contribution in [-0.2, 0) is 0 Å². The Balaban J connectivity index is 2.28. The number of aromatic nitrogens is 2. The van der Waals surface area contributed by atoms with Crippen LogP contribution in [0.15, 0.2) is 36.8 Å². The standard InChI is InChI=1S/C15H13N3O2/c1-11-14(5-2-7-17-11)18-15(20)13-6-8-16-10-12(13)4-3-9-19/h2,5-8,10,19H,9H2,1H3,(H,18,20). The molecule has 5 nitrogen and oxygen atoms in total. The van der Waals surface area contributed by atoms with E-state index in [0.29, 0.717) is 16.8 Å². The zero-order valence-corrected chi connectivity index (χ0v) is 10.9. The van der Waals surface area contributed by atoms with Gasteiger partial charge >= 0.3 is 0 Å². The highest BCUT2D eigenvalue weighted by atomic mass is 16.2. The Kier molecular flexibility index (Phi) is 4.43. The molecular formula is C15H13N3O2. The summed E-state index contributed by atoms with van der Waals surface area (Å²) in [5, 5.41) is 11.5. The molecule has 2 aromatic rings. The van der Waals surface area contributed by atoms with E-state index in [1.54, 1.807) is 24.4 Å². The molecule has 0 aromatic carbocycles. The number of aliphatic hydroxyl groups is 1. The van der Waals surface area contributed by atoms with Crippen molar-refractivity contribution in [2.24, 2.45) is 0 Å². The van der Waals surface area contributed by atoms with Gasteiger partial charge in [0.25, 0.3) is 5.91 Å². The average molecular weight is 267 g/mol. The molecule has 2 aromatic heterocycles. The molecule has 100 valence electrons. The summed E-state index contributed by atoms with van der Waals surface area (Å²) in [6.07, 6.45) is 4.68. The Bertz CT molecular complexity index is 687. The third-order valence-electron chi connectivity index (χ3n) is 2.62. The maximum absolute atomic E-state index is 12.3. The molecule has 2 heterocycles. The zero-order valence-electron chi connectivity index (χ0n) is 10.9. The fraction of sp³-hybridized carbons (Fsp3) is 0.133. The lowest BCUT2D eigenvalue weighted by atomic mass is 10.1. The molecule has 0 aliphatic rings. The summed E-state index contributed by atoms with van der Waals surface area (Å²) >= 11 is 0. The van der Waals surface area contributed by atoms with E-state index in [9.17, 15) is 4.79 Å². The third-order valence-corrected chi connectivity index (χ3v) is 2.62. The Morgan fingerprint density at radius 1 is 1.40 bits per heavy atom. The molecule has 0 aliphatic heterocycles. The topological polar surface area (TPSA) is 75.1 Å². The zero-order chi connectivity index (χ0) is 14.4. The molecule has 0 saturated heterocycles. The van der Waals surface area contributed by atoms with Gasteiger partial charge in [0, 0.05) is 18.6 Å². The van der Waals surface area contributed by atoms with E-state index in [2.05, 4.69) is 27.1 Å². The van der Waals surface area contributed by atoms with E-state index in [4.69, 9.17) is 5.11 Å². The quantitative estimate of drug-likeness (QED) is 0.806. The van der Waals surface area contributed by atoms with Crippen molar-refractivity contribution in [1.29, 1.82) is 0 Å². The van der Waals surface area contributed by atoms with Crippen LogP contribution in [0.1, 0.15) is 21.6 Å². The number of nitrogens with one attached hydrogen (secondary N) is 1. The number of hydrogen-bond acceptors (Lipinski definition) is 4. The van der Waals surface area contributed by atoms with Crippen molar-refractivity contribution in [3.63, 3.8) is 0 Å². The molecule has 0 aliphatic carbocycles. The van der Waals surface area contributed by atoms with Crippen molar-refractivity contribution in [3.8, 4) is 11.8 Å². The van der Waals surface area contributed by atoms with Crippen LogP contribution in [0.25, 0.3) is 0 Å². The number of amides is 1. The van der Waals surface area contributed by atoms with Crippen LogP contribution >= 0.6 is 0 Å². The van der Waals surface area contributed by atoms with Crippen LogP contribution in [0.5, 0.6) is 0 Å². The predicted octanol–water partition coefficient (Wildman–Crippen LogP) is 1.38. The Labute approximate surface area is 116 Å². The molecule has 0 unspecified atom stereocenters. The number of nitrogens with zero attached hydrogens (tertiary/aromatic N) is 2. The number of pyridine rings is 2. The molecule has 0 saturated carbocycles. The average Bonchev–Trinajstić information content (AvgIpc) is 2.47. The summed E-state index contributed by atoms with van der Waals surface area (Å²) in [6.45, 7) is 1.55. The van der Waals surface area contributed by atoms with E-state index >= 15 is 0 Å². The molecule has 2 rings (SSSR count). The highest BCUT2D eigenvalue weighted by Gasteiger charge is 2.11. The summed E-state index contributed by atoms with van der Waals surface area (Å²) in [4.78, 5) is 20.3. The Morgan fingerprint density at radius 2 is 2.25 bits per heavy atom. The SMILES string of the molecule is Cc1ncccc1NC(=O)c1ccncc1C#CCO. The van der Waals surface area contributed by atoms with Crippen LogP contribution in [0, 0.1) is 18.8 Å². The van der Waals surface area contributed by atoms with Gasteiger partial charge in [-0.25, -0.2) is 0 Å². The lowest BCUT2D eigenvalue weighted by molar-refractivity contribution is 0.102. The molecule has 0 fully saturated rings. The van der Waals surface area contributed by atoms with Crippen LogP contribution in [0.3, 0.4) is 0 Å². The maximum Gasteiger partial charge on any atom is 0.257 e. The van der Waals surface area contributed by atoms with Gasteiger partial charge < -0.3 is 10.4 Å². The molecular weight excluding hydrogens is 254 g/mol. The molecule has 1 amide bonds. The van der Waals surface area contributed by atoms with Crippen molar-refractivity contribution in [1.82, 2.24) is 9.97 Å². The van der Waals surface area contributed by atoms with Gasteiger partial charge in [0.15, 0.2) is 0 Å². The predicted molar refractivity (Wildman–Crippen MR) is 75.1 cm³/mol. The summed E-state index contributed by atoms with van der Waals surface area (Å²) < 4.78 is 0. The molecule has 0 bridgehead atoms. The van der Waals surface area contributed by atoms with Crippen molar-refractivity contribution in [2.45, 2.75) is 6.92 Å². The highest BCUT2D eigenvalue weighted by Crippen LogP contribution is 2.13. The highest BCUT2D eigenvalue weighted by molar-refractivity contribution is 6.06. The van der Waals surface area contributed by atoms with Crippen LogP contribution in [-0.4, -0.2) is 27.6 Å². The first-order chi connectivity index (χ1) is 9.72. The molecule has 5 heteroatoms. The van der Waals surface area contributed by atoms with Crippen molar-refractivity contribution < 1.29 is 9.90 Å². The van der Waals surface area contributed by atoms with E-state index in [1.165, 1.54) is 12.4 Å². The molecule has 0 atom stereocenters. The number of carbonyl (C=O) groups is 1. The Morgan fingerprint density at radius 3 is 3.00 bits per heavy atom.